The molecule has 0 spiro atoms. The summed E-state index contributed by atoms with van der Waals surface area (Å²) in [5.74, 6) is 3.75. The van der Waals surface area contributed by atoms with Crippen molar-refractivity contribution in [1.82, 2.24) is 9.97 Å². The molecule has 0 amide bonds. The Bertz CT molecular complexity index is 433. The van der Waals surface area contributed by atoms with E-state index in [1.165, 1.54) is 25.7 Å². The Morgan fingerprint density at radius 2 is 2.11 bits per heavy atom. The largest absolute Gasteiger partial charge is 0.370 e. The van der Waals surface area contributed by atoms with Crippen LogP contribution in [0.5, 0.6) is 0 Å². The van der Waals surface area contributed by atoms with Crippen molar-refractivity contribution in [3.8, 4) is 0 Å². The van der Waals surface area contributed by atoms with Gasteiger partial charge in [0.05, 0.1) is 0 Å². The topological polar surface area (TPSA) is 75.9 Å². The minimum Gasteiger partial charge on any atom is -0.370 e. The van der Waals surface area contributed by atoms with E-state index in [2.05, 4.69) is 20.6 Å². The maximum atomic E-state index is 5.74. The van der Waals surface area contributed by atoms with Gasteiger partial charge in [-0.2, -0.15) is 9.97 Å². The lowest BCUT2D eigenvalue weighted by atomic mass is 9.95. The van der Waals surface area contributed by atoms with Crippen LogP contribution in [0.4, 0.5) is 17.6 Å². The van der Waals surface area contributed by atoms with Gasteiger partial charge in [0.15, 0.2) is 0 Å². The van der Waals surface area contributed by atoms with Crippen LogP contribution in [0, 0.1) is 11.8 Å². The molecule has 1 aromatic heterocycles. The number of nitrogen functional groups attached to an aromatic ring is 1. The summed E-state index contributed by atoms with van der Waals surface area (Å²) in [6.45, 7) is 2.88. The molecule has 5 nitrogen and oxygen atoms in total. The molecule has 2 fully saturated rings. The van der Waals surface area contributed by atoms with Crippen molar-refractivity contribution >= 4 is 17.6 Å². The number of nitrogens with two attached hydrogens (primary N) is 1. The minimum absolute atomic E-state index is 0.333. The summed E-state index contributed by atoms with van der Waals surface area (Å²) in [6.07, 6.45) is 5.45. The van der Waals surface area contributed by atoms with Gasteiger partial charge < -0.3 is 16.4 Å². The van der Waals surface area contributed by atoms with Crippen LogP contribution in [0.25, 0.3) is 0 Å². The molecule has 1 heterocycles. The molecule has 0 saturated heterocycles. The maximum Gasteiger partial charge on any atom is 0.223 e. The number of anilines is 3. The van der Waals surface area contributed by atoms with E-state index in [0.29, 0.717) is 12.0 Å². The van der Waals surface area contributed by atoms with Crippen molar-refractivity contribution in [2.24, 2.45) is 11.8 Å². The van der Waals surface area contributed by atoms with Crippen molar-refractivity contribution in [1.29, 1.82) is 0 Å². The molecule has 3 rings (SSSR count). The third-order valence-electron chi connectivity index (χ3n) is 4.17. The normalized spacial score (nSPS) is 29.5. The summed E-state index contributed by atoms with van der Waals surface area (Å²) in [5.41, 5.74) is 5.74. The SMILES string of the molecule is CCNc1cc(NC2CC3CCC2C3)nc(N)n1. The fraction of sp³-hybridized carbons (Fsp3) is 0.692. The maximum absolute atomic E-state index is 5.74. The number of nitrogens with zero attached hydrogens (tertiary/aromatic N) is 2. The quantitative estimate of drug-likeness (QED) is 0.759. The number of rotatable bonds is 4. The Morgan fingerprint density at radius 1 is 1.28 bits per heavy atom. The van der Waals surface area contributed by atoms with Gasteiger partial charge in [-0.25, -0.2) is 0 Å². The molecule has 3 unspecified atom stereocenters. The number of hydrogen-bond donors (Lipinski definition) is 3. The molecule has 1 aromatic rings. The highest BCUT2D eigenvalue weighted by atomic mass is 15.1. The van der Waals surface area contributed by atoms with Crippen molar-refractivity contribution in [3.63, 3.8) is 0 Å². The monoisotopic (exact) mass is 247 g/mol. The number of fused-ring (bicyclic) bond motifs is 2. The van der Waals surface area contributed by atoms with Gasteiger partial charge >= 0.3 is 0 Å². The molecule has 0 radical (unpaired) electrons. The van der Waals surface area contributed by atoms with Crippen LogP contribution in [0.15, 0.2) is 6.07 Å². The molecule has 5 heteroatoms. The van der Waals surface area contributed by atoms with Gasteiger partial charge in [0.2, 0.25) is 5.95 Å². The van der Waals surface area contributed by atoms with E-state index in [1.807, 2.05) is 13.0 Å². The van der Waals surface area contributed by atoms with Crippen molar-refractivity contribution < 1.29 is 0 Å². The second kappa shape index (κ2) is 4.63. The Balaban J connectivity index is 1.72. The molecule has 3 atom stereocenters. The summed E-state index contributed by atoms with van der Waals surface area (Å²) < 4.78 is 0. The fourth-order valence-electron chi connectivity index (χ4n) is 3.42. The van der Waals surface area contributed by atoms with E-state index in [-0.39, 0.29) is 0 Å². The number of hydrogen-bond acceptors (Lipinski definition) is 5. The summed E-state index contributed by atoms with van der Waals surface area (Å²) in [4.78, 5) is 8.44. The first kappa shape index (κ1) is 11.6. The highest BCUT2D eigenvalue weighted by molar-refractivity contribution is 5.51. The van der Waals surface area contributed by atoms with E-state index < -0.39 is 0 Å². The predicted molar refractivity (Wildman–Crippen MR) is 73.5 cm³/mol. The Labute approximate surface area is 108 Å². The third kappa shape index (κ3) is 2.21. The lowest BCUT2D eigenvalue weighted by Gasteiger charge is -2.23. The molecule has 98 valence electrons. The van der Waals surface area contributed by atoms with Gasteiger partial charge in [0.1, 0.15) is 11.6 Å². The highest BCUT2D eigenvalue weighted by Gasteiger charge is 2.39. The van der Waals surface area contributed by atoms with Crippen LogP contribution in [0.1, 0.15) is 32.6 Å². The molecule has 0 aromatic carbocycles. The third-order valence-corrected chi connectivity index (χ3v) is 4.17. The highest BCUT2D eigenvalue weighted by Crippen LogP contribution is 2.45. The zero-order valence-electron chi connectivity index (χ0n) is 10.8. The van der Waals surface area contributed by atoms with Crippen molar-refractivity contribution in [2.45, 2.75) is 38.6 Å². The molecular formula is C13H21N5. The van der Waals surface area contributed by atoms with Gasteiger partial charge in [0.25, 0.3) is 0 Å². The Morgan fingerprint density at radius 3 is 2.78 bits per heavy atom. The van der Waals surface area contributed by atoms with E-state index >= 15 is 0 Å². The molecule has 2 aliphatic rings. The number of aromatic nitrogens is 2. The first-order valence-corrected chi connectivity index (χ1v) is 6.89. The van der Waals surface area contributed by atoms with Crippen LogP contribution in [0.2, 0.25) is 0 Å². The van der Waals surface area contributed by atoms with Gasteiger partial charge in [-0.05, 0) is 38.0 Å². The van der Waals surface area contributed by atoms with Crippen LogP contribution in [-0.2, 0) is 0 Å². The molecular weight excluding hydrogens is 226 g/mol. The van der Waals surface area contributed by atoms with Crippen LogP contribution >= 0.6 is 0 Å². The molecule has 4 N–H and O–H groups in total. The predicted octanol–water partition coefficient (Wildman–Crippen LogP) is 2.09. The molecule has 2 saturated carbocycles. The average molecular weight is 247 g/mol. The summed E-state index contributed by atoms with van der Waals surface area (Å²) in [6, 6.07) is 2.53. The second-order valence-electron chi connectivity index (χ2n) is 5.45. The van der Waals surface area contributed by atoms with Gasteiger partial charge in [-0.1, -0.05) is 6.42 Å². The number of nitrogens with one attached hydrogen (secondary N) is 2. The van der Waals surface area contributed by atoms with Crippen LogP contribution in [0.3, 0.4) is 0 Å². The standard InChI is InChI=1S/C13H21N5/c1-2-15-11-7-12(18-13(14)17-11)16-10-6-8-3-4-9(10)5-8/h7-10H,2-6H2,1H3,(H4,14,15,16,17,18). The minimum atomic E-state index is 0.333. The fourth-order valence-corrected chi connectivity index (χ4v) is 3.42. The van der Waals surface area contributed by atoms with Gasteiger partial charge in [-0.15, -0.1) is 0 Å². The lowest BCUT2D eigenvalue weighted by molar-refractivity contribution is 0.439. The first-order chi connectivity index (χ1) is 8.74. The van der Waals surface area contributed by atoms with Crippen molar-refractivity contribution in [3.05, 3.63) is 6.07 Å². The van der Waals surface area contributed by atoms with Crippen LogP contribution < -0.4 is 16.4 Å². The van der Waals surface area contributed by atoms with Gasteiger partial charge in [-0.3, -0.25) is 0 Å². The van der Waals surface area contributed by atoms with Crippen molar-refractivity contribution in [2.75, 3.05) is 22.9 Å². The molecule has 2 bridgehead atoms. The lowest BCUT2D eigenvalue weighted by Crippen LogP contribution is -2.26. The Hall–Kier alpha value is -1.52. The summed E-state index contributed by atoms with van der Waals surface area (Å²) in [7, 11) is 0. The van der Waals surface area contributed by atoms with E-state index in [4.69, 9.17) is 5.73 Å². The van der Waals surface area contributed by atoms with E-state index in [9.17, 15) is 0 Å². The molecule has 2 aliphatic carbocycles. The smallest absolute Gasteiger partial charge is 0.223 e. The van der Waals surface area contributed by atoms with E-state index in [0.717, 1.165) is 30.0 Å². The second-order valence-corrected chi connectivity index (χ2v) is 5.45. The van der Waals surface area contributed by atoms with Gasteiger partial charge in [0, 0.05) is 18.7 Å². The average Bonchev–Trinajstić information content (AvgIpc) is 2.90. The molecule has 0 aliphatic heterocycles. The zero-order valence-corrected chi connectivity index (χ0v) is 10.8. The Kier molecular flexibility index (Phi) is 2.97. The molecule has 18 heavy (non-hydrogen) atoms. The van der Waals surface area contributed by atoms with Crippen LogP contribution in [-0.4, -0.2) is 22.6 Å². The summed E-state index contributed by atoms with van der Waals surface area (Å²) in [5, 5.41) is 6.72. The van der Waals surface area contributed by atoms with E-state index in [1.54, 1.807) is 0 Å². The first-order valence-electron chi connectivity index (χ1n) is 6.89. The zero-order chi connectivity index (χ0) is 12.5. The summed E-state index contributed by atoms with van der Waals surface area (Å²) >= 11 is 0.